The minimum absolute atomic E-state index is 0.0442. The van der Waals surface area contributed by atoms with Crippen molar-refractivity contribution in [1.29, 1.82) is 0 Å². The number of hydrogen-bond donors (Lipinski definition) is 2. The van der Waals surface area contributed by atoms with Gasteiger partial charge in [0.1, 0.15) is 0 Å². The van der Waals surface area contributed by atoms with Crippen molar-refractivity contribution in [1.82, 2.24) is 10.9 Å². The number of rotatable bonds is 2. The number of amides is 1. The van der Waals surface area contributed by atoms with Crippen LogP contribution in [-0.2, 0) is 4.74 Å². The van der Waals surface area contributed by atoms with E-state index in [0.29, 0.717) is 5.56 Å². The van der Waals surface area contributed by atoms with E-state index in [4.69, 9.17) is 4.74 Å². The lowest BCUT2D eigenvalue weighted by molar-refractivity contribution is -0.385. The molecule has 0 radical (unpaired) electrons. The van der Waals surface area contributed by atoms with Crippen molar-refractivity contribution in [3.8, 4) is 0 Å². The summed E-state index contributed by atoms with van der Waals surface area (Å²) < 4.78 is 4.80. The van der Waals surface area contributed by atoms with E-state index >= 15 is 0 Å². The molecule has 1 saturated heterocycles. The summed E-state index contributed by atoms with van der Waals surface area (Å²) in [6.07, 6.45) is -1.29. The Kier molecular flexibility index (Phi) is 2.22. The number of nitrogens with one attached hydrogen (secondary N) is 2. The molecule has 7 nitrogen and oxygen atoms in total. The number of hydrogen-bond acceptors (Lipinski definition) is 5. The third-order valence-electron chi connectivity index (χ3n) is 1.91. The van der Waals surface area contributed by atoms with E-state index in [1.165, 1.54) is 18.2 Å². The highest BCUT2D eigenvalue weighted by atomic mass is 16.6. The van der Waals surface area contributed by atoms with Gasteiger partial charge >= 0.3 is 6.09 Å². The van der Waals surface area contributed by atoms with Gasteiger partial charge in [0.05, 0.1) is 4.92 Å². The van der Waals surface area contributed by atoms with Crippen LogP contribution in [0.2, 0.25) is 0 Å². The van der Waals surface area contributed by atoms with Crippen LogP contribution in [0.15, 0.2) is 24.3 Å². The molecular weight excluding hydrogens is 202 g/mol. The summed E-state index contributed by atoms with van der Waals surface area (Å²) >= 11 is 0. The molecule has 1 amide bonds. The van der Waals surface area contributed by atoms with E-state index in [2.05, 4.69) is 10.9 Å². The molecule has 15 heavy (non-hydrogen) atoms. The molecule has 1 atom stereocenters. The minimum Gasteiger partial charge on any atom is -0.423 e. The zero-order valence-electron chi connectivity index (χ0n) is 7.47. The van der Waals surface area contributed by atoms with Crippen LogP contribution in [0.1, 0.15) is 11.8 Å². The SMILES string of the molecule is O=C1NNC(c2cccc([N+](=O)[O-])c2)O1. The number of benzene rings is 1. The van der Waals surface area contributed by atoms with Gasteiger partial charge in [-0.1, -0.05) is 12.1 Å². The van der Waals surface area contributed by atoms with Crippen LogP contribution in [0.3, 0.4) is 0 Å². The van der Waals surface area contributed by atoms with Crippen molar-refractivity contribution in [2.75, 3.05) is 0 Å². The van der Waals surface area contributed by atoms with Crippen LogP contribution in [0.25, 0.3) is 0 Å². The Labute approximate surface area is 84.2 Å². The molecule has 1 aromatic rings. The quantitative estimate of drug-likeness (QED) is 0.556. The molecule has 1 aliphatic heterocycles. The number of carbonyl (C=O) groups is 1. The maximum Gasteiger partial charge on any atom is 0.423 e. The first-order valence-corrected chi connectivity index (χ1v) is 4.13. The standard InChI is InChI=1S/C8H7N3O4/c12-8-10-9-7(15-8)5-2-1-3-6(4-5)11(13)14/h1-4,7,9H,(H,10,12). The number of cyclic esters (lactones) is 1. The monoisotopic (exact) mass is 209 g/mol. The number of nitro benzene ring substituents is 1. The Morgan fingerprint density at radius 2 is 2.27 bits per heavy atom. The summed E-state index contributed by atoms with van der Waals surface area (Å²) in [6.45, 7) is 0. The van der Waals surface area contributed by atoms with Crippen molar-refractivity contribution in [3.63, 3.8) is 0 Å². The van der Waals surface area contributed by atoms with Crippen molar-refractivity contribution < 1.29 is 14.5 Å². The molecule has 1 aromatic carbocycles. The van der Waals surface area contributed by atoms with Crippen LogP contribution >= 0.6 is 0 Å². The van der Waals surface area contributed by atoms with E-state index in [9.17, 15) is 14.9 Å². The second-order valence-corrected chi connectivity index (χ2v) is 2.91. The van der Waals surface area contributed by atoms with E-state index < -0.39 is 17.2 Å². The summed E-state index contributed by atoms with van der Waals surface area (Å²) in [5.74, 6) is 0. The molecule has 7 heteroatoms. The van der Waals surface area contributed by atoms with Crippen LogP contribution in [0, 0.1) is 10.1 Å². The zero-order chi connectivity index (χ0) is 10.8. The molecule has 0 bridgehead atoms. The molecule has 0 aromatic heterocycles. The summed E-state index contributed by atoms with van der Waals surface area (Å²) in [5, 5.41) is 10.5. The van der Waals surface area contributed by atoms with Gasteiger partial charge in [0.2, 0.25) is 0 Å². The van der Waals surface area contributed by atoms with Gasteiger partial charge in [-0.25, -0.2) is 4.79 Å². The number of non-ortho nitro benzene ring substituents is 1. The fourth-order valence-corrected chi connectivity index (χ4v) is 1.24. The molecule has 0 spiro atoms. The maximum absolute atomic E-state index is 10.7. The highest BCUT2D eigenvalue weighted by Gasteiger charge is 2.24. The Bertz CT molecular complexity index is 420. The third-order valence-corrected chi connectivity index (χ3v) is 1.91. The van der Waals surface area contributed by atoms with E-state index in [0.717, 1.165) is 0 Å². The number of hydrazine groups is 1. The van der Waals surface area contributed by atoms with Gasteiger partial charge in [-0.15, -0.1) is 0 Å². The fraction of sp³-hybridized carbons (Fsp3) is 0.125. The van der Waals surface area contributed by atoms with Crippen LogP contribution in [0.4, 0.5) is 10.5 Å². The predicted octanol–water partition coefficient (Wildman–Crippen LogP) is 0.838. The first-order chi connectivity index (χ1) is 7.16. The Balaban J connectivity index is 2.25. The molecule has 2 rings (SSSR count). The number of nitrogens with zero attached hydrogens (tertiary/aromatic N) is 1. The molecule has 1 heterocycles. The Morgan fingerprint density at radius 1 is 1.47 bits per heavy atom. The van der Waals surface area contributed by atoms with E-state index in [-0.39, 0.29) is 5.69 Å². The Morgan fingerprint density at radius 3 is 2.87 bits per heavy atom. The number of carbonyl (C=O) groups excluding carboxylic acids is 1. The second-order valence-electron chi connectivity index (χ2n) is 2.91. The third kappa shape index (κ3) is 1.86. The topological polar surface area (TPSA) is 93.5 Å². The highest BCUT2D eigenvalue weighted by molar-refractivity contribution is 5.68. The van der Waals surface area contributed by atoms with Gasteiger partial charge in [0.25, 0.3) is 5.69 Å². The van der Waals surface area contributed by atoms with Crippen LogP contribution in [-0.4, -0.2) is 11.0 Å². The van der Waals surface area contributed by atoms with Crippen molar-refractivity contribution in [2.45, 2.75) is 6.23 Å². The summed E-state index contributed by atoms with van der Waals surface area (Å²) in [4.78, 5) is 20.7. The normalized spacial score (nSPS) is 19.5. The second kappa shape index (κ2) is 3.54. The Hall–Kier alpha value is -2.15. The number of ether oxygens (including phenoxy) is 1. The molecule has 1 aliphatic rings. The molecule has 1 fully saturated rings. The average molecular weight is 209 g/mol. The summed E-state index contributed by atoms with van der Waals surface area (Å²) in [7, 11) is 0. The van der Waals surface area contributed by atoms with Gasteiger partial charge in [-0.3, -0.25) is 15.5 Å². The summed E-state index contributed by atoms with van der Waals surface area (Å²) in [5.41, 5.74) is 5.25. The van der Waals surface area contributed by atoms with E-state index in [1.54, 1.807) is 6.07 Å². The lowest BCUT2D eigenvalue weighted by Gasteiger charge is -2.07. The summed E-state index contributed by atoms with van der Waals surface area (Å²) in [6, 6.07) is 5.87. The van der Waals surface area contributed by atoms with Crippen molar-refractivity contribution in [2.24, 2.45) is 0 Å². The van der Waals surface area contributed by atoms with Gasteiger partial charge in [-0.05, 0) is 0 Å². The van der Waals surface area contributed by atoms with Crippen LogP contribution in [0.5, 0.6) is 0 Å². The highest BCUT2D eigenvalue weighted by Crippen LogP contribution is 2.21. The molecule has 2 N–H and O–H groups in total. The molecule has 0 aliphatic carbocycles. The van der Waals surface area contributed by atoms with Crippen molar-refractivity contribution >= 4 is 11.8 Å². The molecule has 1 unspecified atom stereocenters. The van der Waals surface area contributed by atoms with Crippen molar-refractivity contribution in [3.05, 3.63) is 39.9 Å². The minimum atomic E-state index is -0.683. The lowest BCUT2D eigenvalue weighted by atomic mass is 10.2. The van der Waals surface area contributed by atoms with Gasteiger partial charge in [0.15, 0.2) is 6.23 Å². The first kappa shape index (κ1) is 9.41. The van der Waals surface area contributed by atoms with Gasteiger partial charge < -0.3 is 4.74 Å². The predicted molar refractivity (Wildman–Crippen MR) is 48.6 cm³/mol. The molecular formula is C8H7N3O4. The smallest absolute Gasteiger partial charge is 0.423 e. The van der Waals surface area contributed by atoms with E-state index in [1.807, 2.05) is 0 Å². The average Bonchev–Trinajstić information content (AvgIpc) is 2.65. The first-order valence-electron chi connectivity index (χ1n) is 4.13. The number of nitro groups is 1. The fourth-order valence-electron chi connectivity index (χ4n) is 1.24. The largest absolute Gasteiger partial charge is 0.423 e. The molecule has 0 saturated carbocycles. The van der Waals surface area contributed by atoms with Crippen LogP contribution < -0.4 is 10.9 Å². The zero-order valence-corrected chi connectivity index (χ0v) is 7.47. The van der Waals surface area contributed by atoms with Gasteiger partial charge in [-0.2, -0.15) is 5.43 Å². The molecule has 78 valence electrons. The van der Waals surface area contributed by atoms with Gasteiger partial charge in [0, 0.05) is 17.7 Å². The lowest BCUT2D eigenvalue weighted by Crippen LogP contribution is -2.26. The maximum atomic E-state index is 10.7.